The first-order chi connectivity index (χ1) is 17.0. The summed E-state index contributed by atoms with van der Waals surface area (Å²) in [7, 11) is 0. The molecular weight excluding hydrogens is 448 g/mol. The quantitative estimate of drug-likeness (QED) is 0.463. The minimum absolute atomic E-state index is 0.0493. The molecule has 1 saturated heterocycles. The van der Waals surface area contributed by atoms with E-state index >= 15 is 0 Å². The number of carbonyl (C=O) groups is 1. The van der Waals surface area contributed by atoms with Gasteiger partial charge >= 0.3 is 0 Å². The van der Waals surface area contributed by atoms with Crippen molar-refractivity contribution in [3.63, 3.8) is 0 Å². The fourth-order valence-electron chi connectivity index (χ4n) is 10.8. The Bertz CT molecular complexity index is 1140. The number of fused-ring (bicyclic) bond motifs is 4. The highest BCUT2D eigenvalue weighted by molar-refractivity contribution is 5.87. The van der Waals surface area contributed by atoms with Crippen LogP contribution in [0.25, 0.3) is 6.08 Å². The van der Waals surface area contributed by atoms with Gasteiger partial charge in [-0.1, -0.05) is 51.6 Å². The summed E-state index contributed by atoms with van der Waals surface area (Å²) >= 11 is 0. The molecule has 8 atom stereocenters. The molecule has 0 aromatic heterocycles. The Morgan fingerprint density at radius 1 is 1.11 bits per heavy atom. The fraction of sp³-hybridized carbons (Fsp3) is 0.719. The van der Waals surface area contributed by atoms with Crippen LogP contribution < -0.4 is 0 Å². The van der Waals surface area contributed by atoms with Crippen LogP contribution in [0.4, 0.5) is 0 Å². The van der Waals surface area contributed by atoms with Crippen LogP contribution in [0.3, 0.4) is 0 Å². The standard InChI is InChI=1S/C32H42O4/c1-5-20-6-7-22-21(14-20)15-31-13-12-30(17-28(2,3)19-35-36-30)18-32(31,34)11-10-23-25-8-9-26(33)29(25,4)16-24(22)27(23)31/h5-7,14,23-25,27,34H,1,8-13,15-19H2,2-4H3/t23-,24+,25-,27+,29-,30?,31-,32+/m0/s1. The van der Waals surface area contributed by atoms with Crippen molar-refractivity contribution in [3.05, 3.63) is 41.5 Å². The lowest BCUT2D eigenvalue weighted by atomic mass is 9.36. The molecule has 2 spiro atoms. The minimum atomic E-state index is -0.778. The largest absolute Gasteiger partial charge is 0.389 e. The SMILES string of the molecule is C=Cc1ccc2c(c1)C[C@]13CCC4(CC(C)(C)COO4)C[C@]1(O)CC[C@@H]1[C@@H]3[C@@H]2C[C@]2(C)C(=O)CC[C@@H]12. The molecule has 1 heterocycles. The second-order valence-electron chi connectivity index (χ2n) is 14.6. The van der Waals surface area contributed by atoms with E-state index in [4.69, 9.17) is 9.78 Å². The third kappa shape index (κ3) is 2.96. The van der Waals surface area contributed by atoms with Crippen molar-refractivity contribution in [2.24, 2.45) is 34.0 Å². The Labute approximate surface area is 215 Å². The predicted octanol–water partition coefficient (Wildman–Crippen LogP) is 6.40. The van der Waals surface area contributed by atoms with Gasteiger partial charge in [-0.25, -0.2) is 9.78 Å². The van der Waals surface area contributed by atoms with Crippen LogP contribution in [-0.2, 0) is 21.0 Å². The number of ketones is 1. The summed E-state index contributed by atoms with van der Waals surface area (Å²) in [6.45, 7) is 11.4. The van der Waals surface area contributed by atoms with Crippen LogP contribution in [0.15, 0.2) is 24.8 Å². The molecule has 0 radical (unpaired) electrons. The van der Waals surface area contributed by atoms with Crippen molar-refractivity contribution in [1.29, 1.82) is 0 Å². The van der Waals surface area contributed by atoms with Gasteiger partial charge in [-0.15, -0.1) is 0 Å². The van der Waals surface area contributed by atoms with E-state index in [1.54, 1.807) is 0 Å². The molecule has 0 bridgehead atoms. The maximum Gasteiger partial charge on any atom is 0.139 e. The normalized spacial score (nSPS) is 48.5. The second kappa shape index (κ2) is 7.33. The van der Waals surface area contributed by atoms with Gasteiger partial charge in [0.15, 0.2) is 0 Å². The van der Waals surface area contributed by atoms with Crippen LogP contribution in [0.5, 0.6) is 0 Å². The Balaban J connectivity index is 1.37. The lowest BCUT2D eigenvalue weighted by Gasteiger charge is -2.70. The number of Topliss-reactive ketones (excluding diaryl/α,β-unsaturated/α-hetero) is 1. The number of aliphatic hydroxyl groups is 1. The van der Waals surface area contributed by atoms with Crippen molar-refractivity contribution in [2.75, 3.05) is 6.61 Å². The number of hydrogen-bond donors (Lipinski definition) is 1. The van der Waals surface area contributed by atoms with E-state index in [0.717, 1.165) is 63.4 Å². The van der Waals surface area contributed by atoms with E-state index in [1.807, 2.05) is 6.08 Å². The van der Waals surface area contributed by atoms with E-state index in [0.29, 0.717) is 42.5 Å². The summed E-state index contributed by atoms with van der Waals surface area (Å²) in [5.74, 6) is 2.22. The molecule has 4 nitrogen and oxygen atoms in total. The number of hydrogen-bond acceptors (Lipinski definition) is 4. The highest BCUT2D eigenvalue weighted by Gasteiger charge is 2.72. The molecule has 1 aromatic carbocycles. The zero-order valence-electron chi connectivity index (χ0n) is 22.3. The Morgan fingerprint density at radius 3 is 2.72 bits per heavy atom. The topological polar surface area (TPSA) is 55.8 Å². The average Bonchev–Trinajstić information content (AvgIpc) is 3.12. The predicted molar refractivity (Wildman–Crippen MR) is 139 cm³/mol. The molecule has 4 heteroatoms. The van der Waals surface area contributed by atoms with Crippen LogP contribution >= 0.6 is 0 Å². The molecule has 194 valence electrons. The van der Waals surface area contributed by atoms with Gasteiger partial charge in [-0.2, -0.15) is 0 Å². The third-order valence-electron chi connectivity index (χ3n) is 12.1. The van der Waals surface area contributed by atoms with Crippen LogP contribution in [0, 0.1) is 34.0 Å². The lowest BCUT2D eigenvalue weighted by Crippen LogP contribution is -2.70. The molecule has 36 heavy (non-hydrogen) atoms. The van der Waals surface area contributed by atoms with E-state index in [9.17, 15) is 9.90 Å². The van der Waals surface area contributed by atoms with Crippen molar-refractivity contribution in [2.45, 2.75) is 102 Å². The maximum absolute atomic E-state index is 13.3. The third-order valence-corrected chi connectivity index (χ3v) is 12.1. The van der Waals surface area contributed by atoms with E-state index in [2.05, 4.69) is 45.5 Å². The average molecular weight is 491 g/mol. The summed E-state index contributed by atoms with van der Waals surface area (Å²) in [5.41, 5.74) is 2.44. The summed E-state index contributed by atoms with van der Waals surface area (Å²) in [6, 6.07) is 6.84. The summed E-state index contributed by atoms with van der Waals surface area (Å²) in [6.07, 6.45) is 10.9. The first-order valence-corrected chi connectivity index (χ1v) is 14.4. The van der Waals surface area contributed by atoms with Crippen molar-refractivity contribution < 1.29 is 19.7 Å². The molecule has 1 unspecified atom stereocenters. The van der Waals surface area contributed by atoms with Gasteiger partial charge in [0.2, 0.25) is 0 Å². The smallest absolute Gasteiger partial charge is 0.139 e. The summed E-state index contributed by atoms with van der Waals surface area (Å²) in [5, 5.41) is 12.8. The van der Waals surface area contributed by atoms with E-state index in [1.165, 1.54) is 11.1 Å². The summed E-state index contributed by atoms with van der Waals surface area (Å²) < 4.78 is 0. The molecule has 6 aliphatic rings. The number of carbonyl (C=O) groups excluding carboxylic acids is 1. The lowest BCUT2D eigenvalue weighted by molar-refractivity contribution is -0.425. The Morgan fingerprint density at radius 2 is 1.94 bits per heavy atom. The van der Waals surface area contributed by atoms with Crippen molar-refractivity contribution in [1.82, 2.24) is 0 Å². The zero-order chi connectivity index (χ0) is 25.1. The van der Waals surface area contributed by atoms with Crippen molar-refractivity contribution in [3.8, 4) is 0 Å². The zero-order valence-corrected chi connectivity index (χ0v) is 22.3. The summed E-state index contributed by atoms with van der Waals surface area (Å²) in [4.78, 5) is 25.1. The van der Waals surface area contributed by atoms with Crippen LogP contribution in [0.1, 0.15) is 101 Å². The first kappa shape index (κ1) is 23.6. The van der Waals surface area contributed by atoms with Gasteiger partial charge in [-0.05, 0) is 97.1 Å². The van der Waals surface area contributed by atoms with Crippen LogP contribution in [0.2, 0.25) is 0 Å². The highest BCUT2D eigenvalue weighted by atomic mass is 17.2. The maximum atomic E-state index is 13.3. The molecular formula is C32H42O4. The van der Waals surface area contributed by atoms with E-state index in [-0.39, 0.29) is 16.2 Å². The fourth-order valence-corrected chi connectivity index (χ4v) is 10.8. The molecule has 1 aromatic rings. The van der Waals surface area contributed by atoms with Gasteiger partial charge in [0.1, 0.15) is 11.4 Å². The molecule has 7 rings (SSSR count). The molecule has 5 aliphatic carbocycles. The molecule has 1 N–H and O–H groups in total. The van der Waals surface area contributed by atoms with Gasteiger partial charge in [0, 0.05) is 23.7 Å². The molecule has 1 aliphatic heterocycles. The Kier molecular flexibility index (Phi) is 4.81. The second-order valence-corrected chi connectivity index (χ2v) is 14.6. The van der Waals surface area contributed by atoms with E-state index < -0.39 is 11.2 Å². The van der Waals surface area contributed by atoms with Gasteiger partial charge in [0.25, 0.3) is 0 Å². The molecule has 4 saturated carbocycles. The highest BCUT2D eigenvalue weighted by Crippen LogP contribution is 2.73. The number of benzene rings is 1. The van der Waals surface area contributed by atoms with Crippen molar-refractivity contribution >= 4 is 11.9 Å². The van der Waals surface area contributed by atoms with Gasteiger partial charge in [-0.3, -0.25) is 4.79 Å². The van der Waals surface area contributed by atoms with Gasteiger partial charge < -0.3 is 5.11 Å². The first-order valence-electron chi connectivity index (χ1n) is 14.4. The molecule has 5 fully saturated rings. The molecule has 0 amide bonds. The minimum Gasteiger partial charge on any atom is -0.389 e. The van der Waals surface area contributed by atoms with Crippen LogP contribution in [-0.4, -0.2) is 28.7 Å². The monoisotopic (exact) mass is 490 g/mol. The Hall–Kier alpha value is -1.49. The number of rotatable bonds is 1. The van der Waals surface area contributed by atoms with Gasteiger partial charge in [0.05, 0.1) is 12.2 Å².